The number of esters is 1. The van der Waals surface area contributed by atoms with Crippen LogP contribution in [0.3, 0.4) is 0 Å². The summed E-state index contributed by atoms with van der Waals surface area (Å²) < 4.78 is 4.59. The molecule has 1 aliphatic carbocycles. The van der Waals surface area contributed by atoms with Gasteiger partial charge in [0, 0.05) is 18.3 Å². The number of hydrogen-bond acceptors (Lipinski definition) is 4. The highest BCUT2D eigenvalue weighted by Gasteiger charge is 2.35. The lowest BCUT2D eigenvalue weighted by Gasteiger charge is -2.43. The number of likely N-dealkylation sites (tertiary alicyclic amines) is 1. The Morgan fingerprint density at radius 1 is 1.21 bits per heavy atom. The van der Waals surface area contributed by atoms with Gasteiger partial charge in [-0.1, -0.05) is 24.6 Å². The molecule has 2 aliphatic rings. The van der Waals surface area contributed by atoms with Gasteiger partial charge in [-0.15, -0.1) is 0 Å². The van der Waals surface area contributed by atoms with Gasteiger partial charge in [-0.25, -0.2) is 0 Å². The first-order valence-corrected chi connectivity index (χ1v) is 8.21. The van der Waals surface area contributed by atoms with Crippen molar-refractivity contribution in [2.45, 2.75) is 51.0 Å². The highest BCUT2D eigenvalue weighted by atomic mass is 32.2. The van der Waals surface area contributed by atoms with Crippen molar-refractivity contribution in [1.82, 2.24) is 4.90 Å². The predicted octanol–water partition coefficient (Wildman–Crippen LogP) is 3.06. The third-order valence-electron chi connectivity index (χ3n) is 4.24. The molecule has 108 valence electrons. The van der Waals surface area contributed by atoms with Crippen LogP contribution in [0.1, 0.15) is 44.9 Å². The Hall–Kier alpha value is -0.710. The summed E-state index contributed by atoms with van der Waals surface area (Å²) in [5.41, 5.74) is 0. The fourth-order valence-corrected chi connectivity index (χ4v) is 4.09. The van der Waals surface area contributed by atoms with Gasteiger partial charge in [0.1, 0.15) is 0 Å². The first kappa shape index (κ1) is 14.7. The molecule has 2 atom stereocenters. The Morgan fingerprint density at radius 2 is 1.95 bits per heavy atom. The minimum Gasteiger partial charge on any atom is -0.469 e. The number of amides is 1. The molecule has 0 N–H and O–H groups in total. The first-order valence-electron chi connectivity index (χ1n) is 7.22. The zero-order chi connectivity index (χ0) is 13.7. The average Bonchev–Trinajstić information content (AvgIpc) is 2.46. The van der Waals surface area contributed by atoms with E-state index in [9.17, 15) is 9.59 Å². The van der Waals surface area contributed by atoms with Crippen LogP contribution in [0, 0.1) is 5.92 Å². The summed E-state index contributed by atoms with van der Waals surface area (Å²) in [6.07, 6.45) is 7.73. The van der Waals surface area contributed by atoms with Gasteiger partial charge < -0.3 is 9.64 Å². The average molecular weight is 285 g/mol. The van der Waals surface area contributed by atoms with Crippen molar-refractivity contribution in [1.29, 1.82) is 0 Å². The molecule has 1 saturated heterocycles. The number of thioether (sulfide) groups is 1. The van der Waals surface area contributed by atoms with E-state index in [4.69, 9.17) is 0 Å². The maximum Gasteiger partial charge on any atom is 0.306 e. The molecule has 0 spiro atoms. The second kappa shape index (κ2) is 7.17. The number of nitrogens with zero attached hydrogens (tertiary/aromatic N) is 1. The largest absolute Gasteiger partial charge is 0.469 e. The fourth-order valence-electron chi connectivity index (χ4n) is 3.26. The Labute approximate surface area is 119 Å². The normalized spacial score (nSPS) is 26.7. The second-order valence-electron chi connectivity index (χ2n) is 5.39. The third kappa shape index (κ3) is 3.88. The van der Waals surface area contributed by atoms with Crippen molar-refractivity contribution < 1.29 is 14.3 Å². The monoisotopic (exact) mass is 285 g/mol. The van der Waals surface area contributed by atoms with Crippen molar-refractivity contribution in [3.63, 3.8) is 0 Å². The number of carbonyl (C=O) groups is 2. The van der Waals surface area contributed by atoms with Crippen molar-refractivity contribution in [3.05, 3.63) is 0 Å². The molecule has 1 amide bonds. The van der Waals surface area contributed by atoms with Crippen LogP contribution in [0.4, 0.5) is 4.79 Å². The molecule has 0 aromatic carbocycles. The molecule has 0 radical (unpaired) electrons. The van der Waals surface area contributed by atoms with Gasteiger partial charge in [0.15, 0.2) is 0 Å². The number of carbonyl (C=O) groups excluding carboxylic acids is 2. The molecule has 0 bridgehead atoms. The number of fused-ring (bicyclic) bond motifs is 1. The van der Waals surface area contributed by atoms with Crippen molar-refractivity contribution in [2.75, 3.05) is 19.4 Å². The van der Waals surface area contributed by atoms with Crippen LogP contribution in [0.15, 0.2) is 0 Å². The lowest BCUT2D eigenvalue weighted by molar-refractivity contribution is -0.140. The SMILES string of the molecule is COC(=O)CCSC(=O)N1CCCC2CCCCC21. The Kier molecular flexibility index (Phi) is 5.55. The van der Waals surface area contributed by atoms with Crippen LogP contribution in [0.25, 0.3) is 0 Å². The van der Waals surface area contributed by atoms with E-state index in [1.807, 2.05) is 0 Å². The van der Waals surface area contributed by atoms with Gasteiger partial charge in [0.2, 0.25) is 0 Å². The van der Waals surface area contributed by atoms with Gasteiger partial charge in [-0.2, -0.15) is 0 Å². The minimum atomic E-state index is -0.241. The highest BCUT2D eigenvalue weighted by Crippen LogP contribution is 2.36. The summed E-state index contributed by atoms with van der Waals surface area (Å²) >= 11 is 1.27. The summed E-state index contributed by atoms with van der Waals surface area (Å²) in [6.45, 7) is 0.894. The molecule has 0 aromatic heterocycles. The predicted molar refractivity (Wildman–Crippen MR) is 76.2 cm³/mol. The van der Waals surface area contributed by atoms with Crippen LogP contribution in [-0.2, 0) is 9.53 Å². The van der Waals surface area contributed by atoms with Crippen molar-refractivity contribution in [2.24, 2.45) is 5.92 Å². The second-order valence-corrected chi connectivity index (χ2v) is 6.43. The number of piperidine rings is 1. The van der Waals surface area contributed by atoms with Crippen LogP contribution in [-0.4, -0.2) is 41.6 Å². The van der Waals surface area contributed by atoms with E-state index in [-0.39, 0.29) is 11.2 Å². The van der Waals surface area contributed by atoms with E-state index >= 15 is 0 Å². The molecular formula is C14H23NO3S. The van der Waals surface area contributed by atoms with E-state index in [2.05, 4.69) is 9.64 Å². The van der Waals surface area contributed by atoms with Gasteiger partial charge in [0.25, 0.3) is 5.24 Å². The molecule has 2 unspecified atom stereocenters. The Balaban J connectivity index is 1.81. The smallest absolute Gasteiger partial charge is 0.306 e. The lowest BCUT2D eigenvalue weighted by Crippen LogP contribution is -2.48. The minimum absolute atomic E-state index is 0.153. The summed E-state index contributed by atoms with van der Waals surface area (Å²) in [7, 11) is 1.38. The third-order valence-corrected chi connectivity index (χ3v) is 5.13. The number of ether oxygens (including phenoxy) is 1. The van der Waals surface area contributed by atoms with Crippen molar-refractivity contribution in [3.8, 4) is 0 Å². The standard InChI is InChI=1S/C14H23NO3S/c1-18-13(16)8-10-19-14(17)15-9-4-6-11-5-2-3-7-12(11)15/h11-12H,2-10H2,1H3. The highest BCUT2D eigenvalue weighted by molar-refractivity contribution is 8.13. The molecule has 1 saturated carbocycles. The Bertz CT molecular complexity index is 333. The molecular weight excluding hydrogens is 262 g/mol. The summed E-state index contributed by atoms with van der Waals surface area (Å²) in [5, 5.41) is 0.153. The molecule has 2 rings (SSSR count). The quantitative estimate of drug-likeness (QED) is 0.748. The zero-order valence-electron chi connectivity index (χ0n) is 11.6. The van der Waals surface area contributed by atoms with Gasteiger partial charge in [-0.05, 0) is 31.6 Å². The van der Waals surface area contributed by atoms with Crippen LogP contribution >= 0.6 is 11.8 Å². The van der Waals surface area contributed by atoms with E-state index in [1.165, 1.54) is 44.6 Å². The van der Waals surface area contributed by atoms with E-state index in [1.54, 1.807) is 0 Å². The number of rotatable bonds is 3. The molecule has 4 nitrogen and oxygen atoms in total. The Morgan fingerprint density at radius 3 is 2.74 bits per heavy atom. The summed E-state index contributed by atoms with van der Waals surface area (Å²) in [4.78, 5) is 25.4. The van der Waals surface area contributed by atoms with Gasteiger partial charge >= 0.3 is 5.97 Å². The number of hydrogen-bond donors (Lipinski definition) is 0. The number of methoxy groups -OCH3 is 1. The van der Waals surface area contributed by atoms with Crippen LogP contribution < -0.4 is 0 Å². The zero-order valence-corrected chi connectivity index (χ0v) is 12.4. The molecule has 0 aromatic rings. The molecule has 1 aliphatic heterocycles. The molecule has 1 heterocycles. The lowest BCUT2D eigenvalue weighted by atomic mass is 9.78. The van der Waals surface area contributed by atoms with Gasteiger partial charge in [0.05, 0.1) is 13.5 Å². The summed E-state index contributed by atoms with van der Waals surface area (Å²) in [5.74, 6) is 1.00. The van der Waals surface area contributed by atoms with Crippen LogP contribution in [0.2, 0.25) is 0 Å². The first-order chi connectivity index (χ1) is 9.22. The maximum atomic E-state index is 12.3. The fraction of sp³-hybridized carbons (Fsp3) is 0.857. The van der Waals surface area contributed by atoms with Crippen molar-refractivity contribution >= 4 is 23.0 Å². The molecule has 2 fully saturated rings. The van der Waals surface area contributed by atoms with E-state index in [0.29, 0.717) is 24.1 Å². The van der Waals surface area contributed by atoms with E-state index < -0.39 is 0 Å². The van der Waals surface area contributed by atoms with Crippen LogP contribution in [0.5, 0.6) is 0 Å². The topological polar surface area (TPSA) is 46.6 Å². The summed E-state index contributed by atoms with van der Waals surface area (Å²) in [6, 6.07) is 0.459. The molecule has 19 heavy (non-hydrogen) atoms. The molecule has 5 heteroatoms. The maximum absolute atomic E-state index is 12.3. The van der Waals surface area contributed by atoms with E-state index in [0.717, 1.165) is 19.4 Å². The van der Waals surface area contributed by atoms with Gasteiger partial charge in [-0.3, -0.25) is 9.59 Å².